The molecule has 0 aliphatic rings. The highest BCUT2D eigenvalue weighted by Crippen LogP contribution is 2.16. The van der Waals surface area contributed by atoms with Crippen molar-refractivity contribution >= 4 is 11.6 Å². The van der Waals surface area contributed by atoms with Crippen molar-refractivity contribution < 1.29 is 4.79 Å². The summed E-state index contributed by atoms with van der Waals surface area (Å²) in [5.41, 5.74) is 1.86. The predicted octanol–water partition coefficient (Wildman–Crippen LogP) is 2.75. The van der Waals surface area contributed by atoms with Gasteiger partial charge in [0.25, 0.3) is 0 Å². The van der Waals surface area contributed by atoms with Crippen molar-refractivity contribution in [3.63, 3.8) is 0 Å². The van der Waals surface area contributed by atoms with E-state index in [1.54, 1.807) is 6.20 Å². The van der Waals surface area contributed by atoms with E-state index in [1.807, 2.05) is 48.1 Å². The quantitative estimate of drug-likeness (QED) is 0.892. The summed E-state index contributed by atoms with van der Waals surface area (Å²) in [5.74, 6) is -0.0349. The van der Waals surface area contributed by atoms with Gasteiger partial charge in [-0.15, -0.1) is 0 Å². The van der Waals surface area contributed by atoms with Crippen LogP contribution in [0, 0.1) is 0 Å². The summed E-state index contributed by atoms with van der Waals surface area (Å²) >= 11 is 0. The molecule has 1 aromatic heterocycles. The number of amides is 1. The highest BCUT2D eigenvalue weighted by Gasteiger charge is 2.16. The molecule has 0 radical (unpaired) electrons. The van der Waals surface area contributed by atoms with Crippen LogP contribution in [0.5, 0.6) is 0 Å². The van der Waals surface area contributed by atoms with E-state index in [1.165, 1.54) is 0 Å². The lowest BCUT2D eigenvalue weighted by Gasteiger charge is -2.19. The third-order valence-electron chi connectivity index (χ3n) is 3.36. The molecule has 2 rings (SSSR count). The van der Waals surface area contributed by atoms with Crippen LogP contribution < -0.4 is 10.6 Å². The molecule has 0 saturated carbocycles. The highest BCUT2D eigenvalue weighted by molar-refractivity contribution is 5.84. The van der Waals surface area contributed by atoms with Crippen LogP contribution in [0.15, 0.2) is 42.7 Å². The Bertz CT molecular complexity index is 613. The monoisotopic (exact) mass is 300 g/mol. The molecule has 0 bridgehead atoms. The first-order chi connectivity index (χ1) is 10.4. The zero-order valence-electron chi connectivity index (χ0n) is 13.6. The van der Waals surface area contributed by atoms with E-state index in [0.29, 0.717) is 6.54 Å². The van der Waals surface area contributed by atoms with E-state index in [-0.39, 0.29) is 17.5 Å². The van der Waals surface area contributed by atoms with Gasteiger partial charge in [-0.25, -0.2) is 0 Å². The predicted molar refractivity (Wildman–Crippen MR) is 88.6 cm³/mol. The number of hydrogen-bond donors (Lipinski definition) is 2. The second-order valence-corrected chi connectivity index (χ2v) is 6.41. The fraction of sp³-hybridized carbons (Fsp3) is 0.412. The summed E-state index contributed by atoms with van der Waals surface area (Å²) in [6.07, 6.45) is 3.66. The van der Waals surface area contributed by atoms with E-state index >= 15 is 0 Å². The summed E-state index contributed by atoms with van der Waals surface area (Å²) < 4.78 is 1.88. The third kappa shape index (κ3) is 4.35. The Morgan fingerprint density at radius 2 is 1.95 bits per heavy atom. The first-order valence-electron chi connectivity index (χ1n) is 7.49. The van der Waals surface area contributed by atoms with E-state index in [9.17, 15) is 4.79 Å². The minimum Gasteiger partial charge on any atom is -0.371 e. The van der Waals surface area contributed by atoms with Gasteiger partial charge in [0.1, 0.15) is 6.04 Å². The first-order valence-corrected chi connectivity index (χ1v) is 7.49. The van der Waals surface area contributed by atoms with Crippen molar-refractivity contribution in [1.29, 1.82) is 0 Å². The molecule has 22 heavy (non-hydrogen) atoms. The second kappa shape index (κ2) is 6.64. The van der Waals surface area contributed by atoms with Crippen LogP contribution in [0.25, 0.3) is 0 Å². The van der Waals surface area contributed by atoms with Gasteiger partial charge in [-0.2, -0.15) is 5.10 Å². The zero-order chi connectivity index (χ0) is 16.2. The van der Waals surface area contributed by atoms with Crippen LogP contribution in [0.1, 0.15) is 33.3 Å². The first kappa shape index (κ1) is 16.1. The highest BCUT2D eigenvalue weighted by atomic mass is 16.2. The van der Waals surface area contributed by atoms with Gasteiger partial charge in [-0.1, -0.05) is 30.3 Å². The van der Waals surface area contributed by atoms with Crippen LogP contribution in [0.3, 0.4) is 0 Å². The molecular formula is C17H24N4O. The summed E-state index contributed by atoms with van der Waals surface area (Å²) in [7, 11) is 0. The van der Waals surface area contributed by atoms with Crippen molar-refractivity contribution in [3.05, 3.63) is 48.3 Å². The molecule has 0 saturated heterocycles. The Morgan fingerprint density at radius 1 is 1.27 bits per heavy atom. The molecule has 1 heterocycles. The smallest absolute Gasteiger partial charge is 0.242 e. The maximum Gasteiger partial charge on any atom is 0.242 e. The normalized spacial score (nSPS) is 12.7. The molecule has 2 N–H and O–H groups in total. The number of nitrogens with one attached hydrogen (secondary N) is 2. The van der Waals surface area contributed by atoms with Crippen molar-refractivity contribution in [2.24, 2.45) is 0 Å². The minimum absolute atomic E-state index is 0.0349. The molecule has 5 nitrogen and oxygen atoms in total. The number of rotatable bonds is 5. The van der Waals surface area contributed by atoms with E-state index in [0.717, 1.165) is 11.3 Å². The van der Waals surface area contributed by atoms with Crippen LogP contribution in [-0.2, 0) is 16.9 Å². The molecule has 0 unspecified atom stereocenters. The van der Waals surface area contributed by atoms with Gasteiger partial charge >= 0.3 is 0 Å². The Balaban J connectivity index is 1.87. The summed E-state index contributed by atoms with van der Waals surface area (Å²) in [5, 5.41) is 10.4. The SMILES string of the molecule is C[C@H](Nc1cnn(C(C)(C)C)c1)C(=O)NCc1ccccc1. The zero-order valence-corrected chi connectivity index (χ0v) is 13.6. The van der Waals surface area contributed by atoms with Gasteiger partial charge < -0.3 is 10.6 Å². The number of anilines is 1. The molecule has 2 aromatic rings. The Morgan fingerprint density at radius 3 is 2.55 bits per heavy atom. The van der Waals surface area contributed by atoms with Gasteiger partial charge in [0, 0.05) is 12.7 Å². The maximum atomic E-state index is 12.1. The number of benzene rings is 1. The van der Waals surface area contributed by atoms with E-state index in [4.69, 9.17) is 0 Å². The van der Waals surface area contributed by atoms with Gasteiger partial charge in [0.05, 0.1) is 17.4 Å². The van der Waals surface area contributed by atoms with Gasteiger partial charge in [0.2, 0.25) is 5.91 Å². The number of carbonyl (C=O) groups is 1. The average Bonchev–Trinajstić information content (AvgIpc) is 2.94. The molecule has 1 aromatic carbocycles. The Hall–Kier alpha value is -2.30. The molecule has 1 amide bonds. The van der Waals surface area contributed by atoms with Crippen molar-refractivity contribution in [1.82, 2.24) is 15.1 Å². The second-order valence-electron chi connectivity index (χ2n) is 6.41. The number of aromatic nitrogens is 2. The summed E-state index contributed by atoms with van der Waals surface area (Å²) in [6, 6.07) is 9.55. The summed E-state index contributed by atoms with van der Waals surface area (Å²) in [6.45, 7) is 8.63. The van der Waals surface area contributed by atoms with Crippen molar-refractivity contribution in [2.75, 3.05) is 5.32 Å². The molecular weight excluding hydrogens is 276 g/mol. The number of hydrogen-bond acceptors (Lipinski definition) is 3. The van der Waals surface area contributed by atoms with Crippen LogP contribution >= 0.6 is 0 Å². The minimum atomic E-state index is -0.318. The summed E-state index contributed by atoms with van der Waals surface area (Å²) in [4.78, 5) is 12.1. The fourth-order valence-electron chi connectivity index (χ4n) is 2.02. The van der Waals surface area contributed by atoms with Crippen molar-refractivity contribution in [3.8, 4) is 0 Å². The largest absolute Gasteiger partial charge is 0.371 e. The van der Waals surface area contributed by atoms with Gasteiger partial charge in [-0.3, -0.25) is 9.48 Å². The lowest BCUT2D eigenvalue weighted by molar-refractivity contribution is -0.121. The molecule has 118 valence electrons. The maximum absolute atomic E-state index is 12.1. The van der Waals surface area contributed by atoms with Gasteiger partial charge in [0.15, 0.2) is 0 Å². The molecule has 0 aliphatic carbocycles. The third-order valence-corrected chi connectivity index (χ3v) is 3.36. The molecule has 0 spiro atoms. The molecule has 5 heteroatoms. The van der Waals surface area contributed by atoms with Crippen LogP contribution in [0.2, 0.25) is 0 Å². The molecule has 0 fully saturated rings. The Labute approximate surface area is 131 Å². The topological polar surface area (TPSA) is 59.0 Å². The van der Waals surface area contributed by atoms with Crippen LogP contribution in [-0.4, -0.2) is 21.7 Å². The Kier molecular flexibility index (Phi) is 4.85. The standard InChI is InChI=1S/C17H24N4O/c1-13(16(22)18-10-14-8-6-5-7-9-14)20-15-11-19-21(12-15)17(2,3)4/h5-9,11-13,20H,10H2,1-4H3,(H,18,22)/t13-/m0/s1. The fourth-order valence-corrected chi connectivity index (χ4v) is 2.02. The van der Waals surface area contributed by atoms with Crippen LogP contribution in [0.4, 0.5) is 5.69 Å². The molecule has 0 aliphatic heterocycles. The van der Waals surface area contributed by atoms with E-state index in [2.05, 4.69) is 36.5 Å². The average molecular weight is 300 g/mol. The van der Waals surface area contributed by atoms with Gasteiger partial charge in [-0.05, 0) is 33.3 Å². The lowest BCUT2D eigenvalue weighted by Crippen LogP contribution is -2.37. The number of nitrogens with zero attached hydrogens (tertiary/aromatic N) is 2. The molecule has 1 atom stereocenters. The lowest BCUT2D eigenvalue weighted by atomic mass is 10.1. The van der Waals surface area contributed by atoms with E-state index < -0.39 is 0 Å². The number of carbonyl (C=O) groups excluding carboxylic acids is 1. The van der Waals surface area contributed by atoms with Crippen molar-refractivity contribution in [2.45, 2.75) is 45.8 Å².